The minimum Gasteiger partial charge on any atom is -0.504 e. The van der Waals surface area contributed by atoms with Crippen LogP contribution in [-0.2, 0) is 11.3 Å². The van der Waals surface area contributed by atoms with Crippen molar-refractivity contribution in [3.63, 3.8) is 0 Å². The third kappa shape index (κ3) is 5.96. The number of aromatic nitrogens is 2. The number of aromatic hydroxyl groups is 2. The van der Waals surface area contributed by atoms with Gasteiger partial charge in [0, 0.05) is 31.6 Å². The van der Waals surface area contributed by atoms with Crippen LogP contribution < -0.4 is 30.5 Å². The molecule has 0 bridgehead atoms. The molecule has 12 heteroatoms. The number of fused-ring (bicyclic) bond motifs is 1. The number of phenols is 1. The zero-order valence-corrected chi connectivity index (χ0v) is 23.3. The molecule has 1 amide bonds. The number of hydrogen-bond donors (Lipinski definition) is 3. The van der Waals surface area contributed by atoms with Crippen LogP contribution in [0.25, 0.3) is 10.9 Å². The van der Waals surface area contributed by atoms with Gasteiger partial charge in [0.2, 0.25) is 17.1 Å². The predicted octanol–water partition coefficient (Wildman–Crippen LogP) is 2.74. The molecule has 4 aromatic rings. The maximum Gasteiger partial charge on any atom is 0.261 e. The Morgan fingerprint density at radius 3 is 2.37 bits per heavy atom. The average Bonchev–Trinajstić information content (AvgIpc) is 2.95. The molecule has 12 nitrogen and oxygen atoms in total. The van der Waals surface area contributed by atoms with Gasteiger partial charge in [0.05, 0.1) is 38.2 Å². The van der Waals surface area contributed by atoms with Gasteiger partial charge in [0.15, 0.2) is 28.8 Å². The van der Waals surface area contributed by atoms with Gasteiger partial charge < -0.3 is 34.2 Å². The van der Waals surface area contributed by atoms with Crippen LogP contribution in [0.2, 0.25) is 0 Å². The van der Waals surface area contributed by atoms with Crippen LogP contribution in [0, 0.1) is 13.8 Å². The molecule has 0 spiro atoms. The lowest BCUT2D eigenvalue weighted by molar-refractivity contribution is -0.121. The van der Waals surface area contributed by atoms with Gasteiger partial charge in [-0.1, -0.05) is 6.07 Å². The van der Waals surface area contributed by atoms with E-state index in [9.17, 15) is 24.6 Å². The minimum atomic E-state index is -0.883. The first-order valence-corrected chi connectivity index (χ1v) is 12.7. The largest absolute Gasteiger partial charge is 0.504 e. The molecule has 2 aromatic carbocycles. The maximum atomic E-state index is 13.2. The summed E-state index contributed by atoms with van der Waals surface area (Å²) >= 11 is 0. The molecule has 2 aromatic heterocycles. The molecular weight excluding hydrogens is 534 g/mol. The molecule has 216 valence electrons. The first-order valence-electron chi connectivity index (χ1n) is 12.7. The number of carbonyl (C=O) groups excluding carboxylic acids is 1. The molecule has 0 fully saturated rings. The number of phenolic OH excluding ortho intramolecular Hbond substituents is 1. The van der Waals surface area contributed by atoms with Crippen molar-refractivity contribution >= 4 is 16.8 Å². The molecule has 3 N–H and O–H groups in total. The Bertz CT molecular complexity index is 1730. The van der Waals surface area contributed by atoms with Gasteiger partial charge in [-0.25, -0.2) is 4.98 Å². The summed E-state index contributed by atoms with van der Waals surface area (Å²) in [5.41, 5.74) is -0.0258. The Hall–Kier alpha value is -5.00. The SMILES string of the molecule is COc1cc([C@H](CC(=O)NCCn2c(C)nc3cc(OC)c(OC)cc3c2=O)c2oc(C)cc(=O)c2O)ccc1O. The van der Waals surface area contributed by atoms with E-state index in [1.54, 1.807) is 32.0 Å². The monoisotopic (exact) mass is 565 g/mol. The van der Waals surface area contributed by atoms with Crippen LogP contribution in [0.4, 0.5) is 0 Å². The summed E-state index contributed by atoms with van der Waals surface area (Å²) in [5, 5.41) is 23.7. The third-order valence-corrected chi connectivity index (χ3v) is 6.69. The number of carbonyl (C=O) groups is 1. The van der Waals surface area contributed by atoms with E-state index in [1.807, 2.05) is 0 Å². The van der Waals surface area contributed by atoms with E-state index in [4.69, 9.17) is 18.6 Å². The molecule has 0 aliphatic heterocycles. The fourth-order valence-corrected chi connectivity index (χ4v) is 4.62. The number of aryl methyl sites for hydroxylation is 2. The fourth-order valence-electron chi connectivity index (χ4n) is 4.62. The summed E-state index contributed by atoms with van der Waals surface area (Å²) in [6, 6.07) is 8.78. The highest BCUT2D eigenvalue weighted by Crippen LogP contribution is 2.37. The third-order valence-electron chi connectivity index (χ3n) is 6.69. The predicted molar refractivity (Wildman–Crippen MR) is 149 cm³/mol. The molecule has 4 rings (SSSR count). The Labute approximate surface area is 234 Å². The molecule has 41 heavy (non-hydrogen) atoms. The Balaban J connectivity index is 1.58. The van der Waals surface area contributed by atoms with Gasteiger partial charge in [-0.15, -0.1) is 0 Å². The van der Waals surface area contributed by atoms with E-state index in [0.717, 1.165) is 6.07 Å². The quantitative estimate of drug-likeness (QED) is 0.261. The van der Waals surface area contributed by atoms with E-state index in [2.05, 4.69) is 10.3 Å². The van der Waals surface area contributed by atoms with Crippen LogP contribution in [0.3, 0.4) is 0 Å². The number of hydrogen-bond acceptors (Lipinski definition) is 10. The lowest BCUT2D eigenvalue weighted by Crippen LogP contribution is -2.33. The van der Waals surface area contributed by atoms with E-state index in [-0.39, 0.29) is 48.1 Å². The first kappa shape index (κ1) is 29.0. The summed E-state index contributed by atoms with van der Waals surface area (Å²) in [5.74, 6) is -0.437. The van der Waals surface area contributed by atoms with Crippen molar-refractivity contribution in [2.75, 3.05) is 27.9 Å². The Kier molecular flexibility index (Phi) is 8.51. The number of ether oxygens (including phenoxy) is 3. The van der Waals surface area contributed by atoms with Crippen LogP contribution in [0.1, 0.15) is 35.2 Å². The standard InChI is InChI=1S/C29H31N3O9/c1-15-10-22(34)27(36)28(41-15)18(17-6-7-21(33)23(11-17)38-3)13-26(35)30-8-9-32-16(2)31-20-14-25(40-5)24(39-4)12-19(20)29(32)37/h6-7,10-12,14,18,33,36H,8-9,13H2,1-5H3,(H,30,35)/t18-/m0/s1. The lowest BCUT2D eigenvalue weighted by atomic mass is 9.91. The van der Waals surface area contributed by atoms with Gasteiger partial charge in [-0.3, -0.25) is 19.0 Å². The number of benzene rings is 2. The van der Waals surface area contributed by atoms with Crippen LogP contribution >= 0.6 is 0 Å². The van der Waals surface area contributed by atoms with E-state index in [1.165, 1.54) is 38.0 Å². The number of methoxy groups -OCH3 is 3. The summed E-state index contributed by atoms with van der Waals surface area (Å²) in [7, 11) is 4.35. The Morgan fingerprint density at radius 1 is 1.00 bits per heavy atom. The summed E-state index contributed by atoms with van der Waals surface area (Å²) in [6.45, 7) is 3.48. The smallest absolute Gasteiger partial charge is 0.261 e. The van der Waals surface area contributed by atoms with Crippen molar-refractivity contribution in [2.45, 2.75) is 32.7 Å². The normalized spacial score (nSPS) is 11.7. The zero-order valence-electron chi connectivity index (χ0n) is 23.3. The van der Waals surface area contributed by atoms with Gasteiger partial charge in [-0.2, -0.15) is 0 Å². The topological polar surface area (TPSA) is 162 Å². The first-order chi connectivity index (χ1) is 19.6. The van der Waals surface area contributed by atoms with Gasteiger partial charge in [0.1, 0.15) is 11.6 Å². The highest BCUT2D eigenvalue weighted by molar-refractivity contribution is 5.82. The molecule has 0 aliphatic rings. The van der Waals surface area contributed by atoms with Gasteiger partial charge in [-0.05, 0) is 37.6 Å². The van der Waals surface area contributed by atoms with E-state index in [0.29, 0.717) is 33.8 Å². The summed E-state index contributed by atoms with van der Waals surface area (Å²) < 4.78 is 22.9. The maximum absolute atomic E-state index is 13.2. The van der Waals surface area contributed by atoms with Crippen LogP contribution in [0.15, 0.2) is 50.4 Å². The highest BCUT2D eigenvalue weighted by atomic mass is 16.5. The molecule has 0 aliphatic carbocycles. The number of amides is 1. The average molecular weight is 566 g/mol. The molecule has 0 saturated carbocycles. The van der Waals surface area contributed by atoms with E-state index < -0.39 is 23.0 Å². The Morgan fingerprint density at radius 2 is 1.68 bits per heavy atom. The van der Waals surface area contributed by atoms with Crippen molar-refractivity contribution in [2.24, 2.45) is 0 Å². The lowest BCUT2D eigenvalue weighted by Gasteiger charge is -2.19. The number of rotatable bonds is 10. The van der Waals surface area contributed by atoms with Crippen LogP contribution in [-0.4, -0.2) is 53.5 Å². The van der Waals surface area contributed by atoms with Crippen molar-refractivity contribution in [3.05, 3.63) is 79.9 Å². The van der Waals surface area contributed by atoms with Gasteiger partial charge in [0.25, 0.3) is 5.56 Å². The summed E-state index contributed by atoms with van der Waals surface area (Å²) in [6.07, 6.45) is -0.214. The second-order valence-corrected chi connectivity index (χ2v) is 9.31. The zero-order chi connectivity index (χ0) is 29.8. The molecule has 0 radical (unpaired) electrons. The summed E-state index contributed by atoms with van der Waals surface area (Å²) in [4.78, 5) is 43.1. The molecule has 0 saturated heterocycles. The molecule has 1 atom stereocenters. The van der Waals surface area contributed by atoms with Crippen molar-refractivity contribution in [1.29, 1.82) is 0 Å². The van der Waals surface area contributed by atoms with Crippen LogP contribution in [0.5, 0.6) is 28.7 Å². The second-order valence-electron chi connectivity index (χ2n) is 9.31. The highest BCUT2D eigenvalue weighted by Gasteiger charge is 2.27. The number of nitrogens with one attached hydrogen (secondary N) is 1. The van der Waals surface area contributed by atoms with Crippen molar-refractivity contribution in [1.82, 2.24) is 14.9 Å². The van der Waals surface area contributed by atoms with Crippen molar-refractivity contribution < 1.29 is 33.6 Å². The minimum absolute atomic E-state index is 0.0898. The number of nitrogens with zero attached hydrogens (tertiary/aromatic N) is 2. The van der Waals surface area contributed by atoms with Crippen molar-refractivity contribution in [3.8, 4) is 28.7 Å². The van der Waals surface area contributed by atoms with Gasteiger partial charge >= 0.3 is 0 Å². The fraction of sp³-hybridized carbons (Fsp3) is 0.310. The van der Waals surface area contributed by atoms with E-state index >= 15 is 0 Å². The molecule has 0 unspecified atom stereocenters. The second kappa shape index (κ2) is 12.0. The molecular formula is C29H31N3O9. The molecule has 2 heterocycles.